The minimum absolute atomic E-state index is 0.0119. The van der Waals surface area contributed by atoms with E-state index in [-0.39, 0.29) is 18.8 Å². The Kier molecular flexibility index (Phi) is 15.4. The van der Waals surface area contributed by atoms with Crippen LogP contribution in [0.15, 0.2) is 18.2 Å². The number of benzene rings is 1. The van der Waals surface area contributed by atoms with E-state index in [9.17, 15) is 13.5 Å². The standard InChI is InChI=1S/C14H22ClNO2.C8H18O4S/c1-10-5-6-12(15)13(7-10)18-9-11(17)8-16-14(2,3)4;1-2-3-4-5-6-7-8-12-13(9,10)11/h5-7,11,16-17H,8-9H2,1-4H3;2-8H2,1H3,(H,9,10,11)/t11-;/m0./s1. The Labute approximate surface area is 193 Å². The lowest BCUT2D eigenvalue weighted by molar-refractivity contribution is 0.100. The van der Waals surface area contributed by atoms with Gasteiger partial charge in [-0.25, -0.2) is 4.18 Å². The fourth-order valence-electron chi connectivity index (χ4n) is 2.44. The molecular formula is C22H40ClNO6S. The molecule has 9 heteroatoms. The quantitative estimate of drug-likeness (QED) is 0.270. The molecule has 0 unspecified atom stereocenters. The summed E-state index contributed by atoms with van der Waals surface area (Å²) in [6.07, 6.45) is 5.78. The molecule has 0 aliphatic carbocycles. The van der Waals surface area contributed by atoms with Crippen LogP contribution in [0.3, 0.4) is 0 Å². The van der Waals surface area contributed by atoms with Crippen LogP contribution in [0.5, 0.6) is 5.75 Å². The van der Waals surface area contributed by atoms with Crippen molar-refractivity contribution in [2.24, 2.45) is 0 Å². The smallest absolute Gasteiger partial charge is 0.397 e. The molecule has 0 radical (unpaired) electrons. The molecule has 7 nitrogen and oxygen atoms in total. The molecule has 1 rings (SSSR count). The molecule has 3 N–H and O–H groups in total. The van der Waals surface area contributed by atoms with Crippen molar-refractivity contribution in [1.29, 1.82) is 0 Å². The summed E-state index contributed by atoms with van der Waals surface area (Å²) >= 11 is 6.01. The van der Waals surface area contributed by atoms with Gasteiger partial charge in [0.05, 0.1) is 11.6 Å². The van der Waals surface area contributed by atoms with E-state index in [0.717, 1.165) is 18.4 Å². The molecule has 31 heavy (non-hydrogen) atoms. The first-order valence-electron chi connectivity index (χ1n) is 10.8. The molecule has 1 atom stereocenters. The number of aliphatic hydroxyl groups is 1. The number of β-amino-alcohol motifs (C(OH)–C–C–N with tert-alkyl or cyclic N) is 1. The maximum atomic E-state index is 10.1. The van der Waals surface area contributed by atoms with Crippen LogP contribution in [-0.4, -0.2) is 49.5 Å². The average Bonchev–Trinajstić information content (AvgIpc) is 2.65. The summed E-state index contributed by atoms with van der Waals surface area (Å²) in [5, 5.41) is 13.6. The minimum atomic E-state index is -4.22. The summed E-state index contributed by atoms with van der Waals surface area (Å²) in [5.74, 6) is 0.617. The van der Waals surface area contributed by atoms with Crippen LogP contribution in [0, 0.1) is 6.92 Å². The topological polar surface area (TPSA) is 105 Å². The Balaban J connectivity index is 0.000000615. The summed E-state index contributed by atoms with van der Waals surface area (Å²) in [5.41, 5.74) is 1.07. The van der Waals surface area contributed by atoms with E-state index in [1.165, 1.54) is 19.3 Å². The summed E-state index contributed by atoms with van der Waals surface area (Å²) in [7, 11) is -4.22. The Morgan fingerprint density at radius 2 is 1.74 bits per heavy atom. The first-order valence-corrected chi connectivity index (χ1v) is 12.5. The van der Waals surface area contributed by atoms with Gasteiger partial charge < -0.3 is 15.2 Å². The summed E-state index contributed by atoms with van der Waals surface area (Å²) in [6.45, 7) is 11.1. The number of hydrogen-bond acceptors (Lipinski definition) is 6. The van der Waals surface area contributed by atoms with Crippen LogP contribution >= 0.6 is 11.6 Å². The Morgan fingerprint density at radius 1 is 1.13 bits per heavy atom. The normalized spacial score (nSPS) is 12.8. The lowest BCUT2D eigenvalue weighted by atomic mass is 10.1. The molecule has 0 amide bonds. The van der Waals surface area contributed by atoms with Crippen molar-refractivity contribution >= 4 is 22.0 Å². The van der Waals surface area contributed by atoms with Gasteiger partial charge in [-0.3, -0.25) is 4.55 Å². The van der Waals surface area contributed by atoms with E-state index in [1.54, 1.807) is 6.07 Å². The van der Waals surface area contributed by atoms with Crippen LogP contribution in [-0.2, 0) is 14.6 Å². The molecule has 182 valence electrons. The summed E-state index contributed by atoms with van der Waals surface area (Å²) < 4.78 is 38.1. The molecule has 0 aliphatic heterocycles. The van der Waals surface area contributed by atoms with Crippen molar-refractivity contribution in [3.63, 3.8) is 0 Å². The molecule has 0 fully saturated rings. The van der Waals surface area contributed by atoms with Gasteiger partial charge >= 0.3 is 10.4 Å². The van der Waals surface area contributed by atoms with E-state index in [4.69, 9.17) is 20.9 Å². The molecular weight excluding hydrogens is 442 g/mol. The molecule has 1 aromatic carbocycles. The number of unbranched alkanes of at least 4 members (excludes halogenated alkanes) is 5. The summed E-state index contributed by atoms with van der Waals surface area (Å²) in [4.78, 5) is 0. The second-order valence-corrected chi connectivity index (χ2v) is 10.0. The SMILES string of the molecule is CCCCCCCCOS(=O)(=O)O.Cc1ccc(Cl)c(OC[C@@H](O)CNC(C)(C)C)c1. The van der Waals surface area contributed by atoms with Gasteiger partial charge in [0.25, 0.3) is 0 Å². The van der Waals surface area contributed by atoms with Gasteiger partial charge in [0.1, 0.15) is 18.5 Å². The van der Waals surface area contributed by atoms with Gasteiger partial charge in [-0.1, -0.05) is 56.7 Å². The lowest BCUT2D eigenvalue weighted by Gasteiger charge is -2.23. The third-order valence-electron chi connectivity index (χ3n) is 4.12. The maximum absolute atomic E-state index is 10.1. The van der Waals surface area contributed by atoms with Crippen molar-refractivity contribution in [3.05, 3.63) is 28.8 Å². The van der Waals surface area contributed by atoms with E-state index in [0.29, 0.717) is 23.7 Å². The monoisotopic (exact) mass is 481 g/mol. The third-order valence-corrected chi connectivity index (χ3v) is 4.89. The molecule has 0 saturated heterocycles. The molecule has 0 spiro atoms. The number of halogens is 1. The van der Waals surface area contributed by atoms with Crippen LogP contribution in [0.1, 0.15) is 71.8 Å². The fraction of sp³-hybridized carbons (Fsp3) is 0.727. The van der Waals surface area contributed by atoms with Crippen LogP contribution in [0.2, 0.25) is 5.02 Å². The highest BCUT2D eigenvalue weighted by atomic mass is 35.5. The number of nitrogens with one attached hydrogen (secondary N) is 1. The van der Waals surface area contributed by atoms with Gasteiger partial charge in [0, 0.05) is 12.1 Å². The van der Waals surface area contributed by atoms with Crippen molar-refractivity contribution in [1.82, 2.24) is 5.32 Å². The molecule has 0 bridgehead atoms. The van der Waals surface area contributed by atoms with Gasteiger partial charge in [-0.2, -0.15) is 8.42 Å². The van der Waals surface area contributed by atoms with Gasteiger partial charge in [-0.15, -0.1) is 0 Å². The highest BCUT2D eigenvalue weighted by Gasteiger charge is 2.13. The lowest BCUT2D eigenvalue weighted by Crippen LogP contribution is -2.42. The van der Waals surface area contributed by atoms with Crippen molar-refractivity contribution in [2.75, 3.05) is 19.8 Å². The Hall–Kier alpha value is -0.900. The minimum Gasteiger partial charge on any atom is -0.489 e. The highest BCUT2D eigenvalue weighted by molar-refractivity contribution is 7.80. The molecule has 0 saturated carbocycles. The second kappa shape index (κ2) is 15.8. The van der Waals surface area contributed by atoms with Crippen molar-refractivity contribution < 1.29 is 27.0 Å². The first-order chi connectivity index (χ1) is 14.3. The van der Waals surface area contributed by atoms with Crippen LogP contribution < -0.4 is 10.1 Å². The van der Waals surface area contributed by atoms with E-state index in [1.807, 2.05) is 19.1 Å². The number of hydrogen-bond donors (Lipinski definition) is 3. The van der Waals surface area contributed by atoms with Crippen LogP contribution in [0.25, 0.3) is 0 Å². The Morgan fingerprint density at radius 3 is 2.32 bits per heavy atom. The molecule has 0 aliphatic rings. The number of aliphatic hydroxyl groups excluding tert-OH is 1. The van der Waals surface area contributed by atoms with Crippen LogP contribution in [0.4, 0.5) is 0 Å². The molecule has 1 aromatic rings. The molecule has 0 heterocycles. The fourth-order valence-corrected chi connectivity index (χ4v) is 2.94. The average molecular weight is 482 g/mol. The third kappa shape index (κ3) is 19.5. The predicted molar refractivity (Wildman–Crippen MR) is 126 cm³/mol. The van der Waals surface area contributed by atoms with Gasteiger partial charge in [0.15, 0.2) is 0 Å². The summed E-state index contributed by atoms with van der Waals surface area (Å²) in [6, 6.07) is 5.59. The zero-order valence-electron chi connectivity index (χ0n) is 19.5. The van der Waals surface area contributed by atoms with Crippen molar-refractivity contribution in [2.45, 2.75) is 84.8 Å². The predicted octanol–water partition coefficient (Wildman–Crippen LogP) is 4.94. The largest absolute Gasteiger partial charge is 0.489 e. The highest BCUT2D eigenvalue weighted by Crippen LogP contribution is 2.25. The van der Waals surface area contributed by atoms with E-state index >= 15 is 0 Å². The first kappa shape index (κ1) is 30.1. The number of ether oxygens (including phenoxy) is 1. The van der Waals surface area contributed by atoms with Gasteiger partial charge in [-0.05, 0) is 51.8 Å². The zero-order chi connectivity index (χ0) is 23.9. The maximum Gasteiger partial charge on any atom is 0.397 e. The zero-order valence-corrected chi connectivity index (χ0v) is 21.1. The van der Waals surface area contributed by atoms with Crippen molar-refractivity contribution in [3.8, 4) is 5.75 Å². The molecule has 0 aromatic heterocycles. The number of aryl methyl sites for hydroxylation is 1. The number of rotatable bonds is 13. The second-order valence-electron chi connectivity index (χ2n) is 8.55. The van der Waals surface area contributed by atoms with Gasteiger partial charge in [0.2, 0.25) is 0 Å². The van der Waals surface area contributed by atoms with E-state index in [2.05, 4.69) is 37.2 Å². The Bertz CT molecular complexity index is 706. The van der Waals surface area contributed by atoms with E-state index < -0.39 is 16.5 Å².